The van der Waals surface area contributed by atoms with Crippen LogP contribution in [-0.2, 0) is 18.4 Å². The predicted molar refractivity (Wildman–Crippen MR) is 325 cm³/mol. The van der Waals surface area contributed by atoms with Gasteiger partial charge >= 0.3 is 0 Å². The van der Waals surface area contributed by atoms with Crippen molar-refractivity contribution >= 4 is 13.7 Å². The van der Waals surface area contributed by atoms with E-state index in [9.17, 15) is 19.4 Å². The van der Waals surface area contributed by atoms with Crippen molar-refractivity contribution < 1.29 is 32.9 Å². The maximum Gasteiger partial charge on any atom is 0.268 e. The lowest BCUT2D eigenvalue weighted by Gasteiger charge is -2.29. The Morgan fingerprint density at radius 2 is 0.813 bits per heavy atom. The number of aliphatic hydroxyl groups is 1. The third kappa shape index (κ3) is 58.7. The van der Waals surface area contributed by atoms with Crippen LogP contribution in [0.15, 0.2) is 109 Å². The molecular weight excluding hydrogens is 948 g/mol. The van der Waals surface area contributed by atoms with E-state index >= 15 is 0 Å². The van der Waals surface area contributed by atoms with E-state index in [0.29, 0.717) is 17.4 Å². The summed E-state index contributed by atoms with van der Waals surface area (Å²) >= 11 is 0. The number of aliphatic hydroxyl groups excluding tert-OH is 1. The highest BCUT2D eigenvalue weighted by molar-refractivity contribution is 7.45. The fourth-order valence-electron chi connectivity index (χ4n) is 8.46. The zero-order valence-corrected chi connectivity index (χ0v) is 50.1. The standard InChI is InChI=1S/C66H117N2O6P/c1-6-8-10-12-14-16-18-20-22-23-24-25-26-27-28-29-30-31-32-33-34-35-36-37-38-39-40-41-42-43-44-45-46-48-50-52-54-56-58-60-66(70)67-64(63-74-75(71,72)73-62-61-68(3,4)5)65(69)59-57-55-53-51-49-47-21-19-17-15-13-11-9-7-2/h8,10,14,16,20,22,24-25,27-28,30-31,33-34,36-37,57,59,64-65,69H,6-7,9,11-13,15,17-19,21,23,26,29,32,35,38-56,58,60-63H2,1-5H3,(H-,67,70,71,72)/b10-8-,16-14-,22-20-,25-24-,28-27-,31-30-,34-33-,37-36-,59-57+. The quantitative estimate of drug-likeness (QED) is 0.0272. The summed E-state index contributed by atoms with van der Waals surface area (Å²) in [7, 11) is 1.25. The molecule has 0 aliphatic heterocycles. The maximum atomic E-state index is 13.0. The van der Waals surface area contributed by atoms with Gasteiger partial charge in [-0.25, -0.2) is 0 Å². The molecule has 0 radical (unpaired) electrons. The van der Waals surface area contributed by atoms with Crippen LogP contribution in [0.4, 0.5) is 0 Å². The van der Waals surface area contributed by atoms with Crippen LogP contribution < -0.4 is 10.2 Å². The number of nitrogens with zero attached hydrogens (tertiary/aromatic N) is 1. The Labute approximate surface area is 463 Å². The molecule has 3 atom stereocenters. The number of hydrogen-bond donors (Lipinski definition) is 2. The molecule has 0 aromatic rings. The first-order valence-electron chi connectivity index (χ1n) is 30.7. The van der Waals surface area contributed by atoms with Crippen LogP contribution in [0.2, 0.25) is 0 Å². The number of allylic oxidation sites excluding steroid dienone is 17. The highest BCUT2D eigenvalue weighted by Crippen LogP contribution is 2.38. The predicted octanol–water partition coefficient (Wildman–Crippen LogP) is 18.5. The molecule has 0 fully saturated rings. The van der Waals surface area contributed by atoms with Gasteiger partial charge in [-0.15, -0.1) is 0 Å². The van der Waals surface area contributed by atoms with Gasteiger partial charge < -0.3 is 28.8 Å². The molecule has 0 saturated carbocycles. The maximum absolute atomic E-state index is 13.0. The van der Waals surface area contributed by atoms with E-state index in [1.807, 2.05) is 27.2 Å². The van der Waals surface area contributed by atoms with Gasteiger partial charge in [0.1, 0.15) is 13.2 Å². The summed E-state index contributed by atoms with van der Waals surface area (Å²) in [5.41, 5.74) is 0. The van der Waals surface area contributed by atoms with Crippen molar-refractivity contribution in [2.24, 2.45) is 0 Å². The molecule has 0 rings (SSSR count). The van der Waals surface area contributed by atoms with Crippen LogP contribution in [0.3, 0.4) is 0 Å². The van der Waals surface area contributed by atoms with Gasteiger partial charge in [0, 0.05) is 6.42 Å². The Bertz CT molecular complexity index is 1590. The summed E-state index contributed by atoms with van der Waals surface area (Å²) in [6, 6.07) is -0.892. The van der Waals surface area contributed by atoms with E-state index in [0.717, 1.165) is 89.9 Å². The van der Waals surface area contributed by atoms with E-state index in [2.05, 4.69) is 116 Å². The Hall–Kier alpha value is -2.84. The Balaban J connectivity index is 4.04. The number of carbonyl (C=O) groups is 1. The molecule has 0 saturated heterocycles. The lowest BCUT2D eigenvalue weighted by molar-refractivity contribution is -0.870. The fraction of sp³-hybridized carbons (Fsp3) is 0.712. The van der Waals surface area contributed by atoms with Crippen molar-refractivity contribution in [3.63, 3.8) is 0 Å². The van der Waals surface area contributed by atoms with E-state index in [4.69, 9.17) is 9.05 Å². The van der Waals surface area contributed by atoms with Crippen LogP contribution in [0.5, 0.6) is 0 Å². The molecule has 1 amide bonds. The molecule has 0 heterocycles. The fourth-order valence-corrected chi connectivity index (χ4v) is 9.19. The van der Waals surface area contributed by atoms with Crippen molar-refractivity contribution in [3.05, 3.63) is 109 Å². The lowest BCUT2D eigenvalue weighted by Crippen LogP contribution is -2.45. The second-order valence-corrected chi connectivity index (χ2v) is 23.1. The number of unbranched alkanes of at least 4 members (excludes halogenated alkanes) is 26. The van der Waals surface area contributed by atoms with Crippen molar-refractivity contribution in [1.29, 1.82) is 0 Å². The molecule has 9 heteroatoms. The van der Waals surface area contributed by atoms with E-state index in [1.165, 1.54) is 141 Å². The average Bonchev–Trinajstić information content (AvgIpc) is 3.37. The summed E-state index contributed by atoms with van der Waals surface area (Å²) in [6.45, 7) is 4.53. The summed E-state index contributed by atoms with van der Waals surface area (Å²) in [6.07, 6.45) is 81.8. The Morgan fingerprint density at radius 1 is 0.480 bits per heavy atom. The molecule has 0 aromatic heterocycles. The molecule has 8 nitrogen and oxygen atoms in total. The zero-order valence-electron chi connectivity index (χ0n) is 49.2. The number of carbonyl (C=O) groups excluding carboxylic acids is 1. The summed E-state index contributed by atoms with van der Waals surface area (Å²) < 4.78 is 23.3. The van der Waals surface area contributed by atoms with E-state index in [-0.39, 0.29) is 19.1 Å². The number of hydrogen-bond acceptors (Lipinski definition) is 6. The molecule has 75 heavy (non-hydrogen) atoms. The van der Waals surface area contributed by atoms with Crippen LogP contribution >= 0.6 is 7.82 Å². The molecule has 0 aromatic carbocycles. The van der Waals surface area contributed by atoms with Crippen LogP contribution in [0.25, 0.3) is 0 Å². The van der Waals surface area contributed by atoms with Crippen LogP contribution in [0, 0.1) is 0 Å². The topological polar surface area (TPSA) is 108 Å². The molecular formula is C66H117N2O6P. The number of likely N-dealkylation sites (N-methyl/N-ethyl adjacent to an activating group) is 1. The van der Waals surface area contributed by atoms with Crippen molar-refractivity contribution in [2.45, 2.75) is 264 Å². The van der Waals surface area contributed by atoms with Gasteiger partial charge in [0.15, 0.2) is 0 Å². The van der Waals surface area contributed by atoms with Gasteiger partial charge in [0.05, 0.1) is 39.9 Å². The van der Waals surface area contributed by atoms with Gasteiger partial charge in [0.25, 0.3) is 7.82 Å². The van der Waals surface area contributed by atoms with Gasteiger partial charge in [0.2, 0.25) is 5.91 Å². The first kappa shape index (κ1) is 72.2. The largest absolute Gasteiger partial charge is 0.756 e. The van der Waals surface area contributed by atoms with Gasteiger partial charge in [-0.1, -0.05) is 271 Å². The monoisotopic (exact) mass is 1060 g/mol. The normalized spacial score (nSPS) is 14.6. The van der Waals surface area contributed by atoms with Gasteiger partial charge in [-0.05, 0) is 83.5 Å². The molecule has 0 aliphatic carbocycles. The van der Waals surface area contributed by atoms with Gasteiger partial charge in [-0.3, -0.25) is 9.36 Å². The second kappa shape index (κ2) is 55.9. The third-order valence-electron chi connectivity index (χ3n) is 13.2. The van der Waals surface area contributed by atoms with Crippen molar-refractivity contribution in [3.8, 4) is 0 Å². The highest BCUT2D eigenvalue weighted by Gasteiger charge is 2.23. The van der Waals surface area contributed by atoms with Gasteiger partial charge in [-0.2, -0.15) is 0 Å². The average molecular weight is 1070 g/mol. The zero-order chi connectivity index (χ0) is 54.9. The Morgan fingerprint density at radius 3 is 1.19 bits per heavy atom. The van der Waals surface area contributed by atoms with Crippen molar-refractivity contribution in [2.75, 3.05) is 40.9 Å². The van der Waals surface area contributed by atoms with Crippen LogP contribution in [0.1, 0.15) is 251 Å². The first-order valence-corrected chi connectivity index (χ1v) is 32.2. The molecule has 0 bridgehead atoms. The minimum atomic E-state index is -4.60. The van der Waals surface area contributed by atoms with E-state index < -0.39 is 20.0 Å². The smallest absolute Gasteiger partial charge is 0.268 e. The van der Waals surface area contributed by atoms with Crippen LogP contribution in [-0.4, -0.2) is 68.5 Å². The third-order valence-corrected chi connectivity index (χ3v) is 14.2. The minimum absolute atomic E-state index is 0.00436. The van der Waals surface area contributed by atoms with E-state index in [1.54, 1.807) is 6.08 Å². The number of amides is 1. The minimum Gasteiger partial charge on any atom is -0.756 e. The second-order valence-electron chi connectivity index (χ2n) is 21.7. The molecule has 0 spiro atoms. The number of rotatable bonds is 55. The Kier molecular flexibility index (Phi) is 53.8. The molecule has 2 N–H and O–H groups in total. The van der Waals surface area contributed by atoms with Crippen molar-refractivity contribution in [1.82, 2.24) is 5.32 Å². The SMILES string of the molecule is CC/C=C\C/C=C\C/C=C\C/C=C\C/C=C\C/C=C\C/C=C\C/C=C\CCCCCCCCCCCCCCCCC(=O)NC(COP(=O)([O-])OCC[N+](C)(C)C)C(O)/C=C/CCCCCCCCCCCCCC. The number of phosphoric acid groups is 1. The molecule has 0 aliphatic rings. The summed E-state index contributed by atoms with van der Waals surface area (Å²) in [4.78, 5) is 25.5. The lowest BCUT2D eigenvalue weighted by atomic mass is 10.0. The molecule has 432 valence electrons. The number of phosphoric ester groups is 1. The summed E-state index contributed by atoms with van der Waals surface area (Å²) in [5, 5.41) is 13.9. The highest BCUT2D eigenvalue weighted by atomic mass is 31.2. The number of nitrogens with one attached hydrogen (secondary N) is 1. The number of quaternary nitrogens is 1. The molecule has 3 unspecified atom stereocenters. The first-order chi connectivity index (χ1) is 36.5. The summed E-state index contributed by atoms with van der Waals surface area (Å²) in [5.74, 6) is -0.201.